The van der Waals surface area contributed by atoms with E-state index in [2.05, 4.69) is 27.7 Å². The Balaban J connectivity index is 0.00000240. The number of hydrogen-bond acceptors (Lipinski definition) is 4. The van der Waals surface area contributed by atoms with Crippen LogP contribution >= 0.6 is 24.0 Å². The van der Waals surface area contributed by atoms with Gasteiger partial charge in [0.15, 0.2) is 0 Å². The molecule has 0 saturated carbocycles. The maximum Gasteiger partial charge on any atom is 0.141 e. The molecule has 1 aliphatic heterocycles. The molecule has 0 radical (unpaired) electrons. The third-order valence-corrected chi connectivity index (χ3v) is 4.85. The van der Waals surface area contributed by atoms with E-state index in [-0.39, 0.29) is 17.4 Å². The summed E-state index contributed by atoms with van der Waals surface area (Å²) in [7, 11) is 0. The van der Waals surface area contributed by atoms with Crippen molar-refractivity contribution in [2.75, 3.05) is 41.8 Å². The topological polar surface area (TPSA) is 36.5 Å². The molecule has 1 heterocycles. The molecule has 1 fully saturated rings. The summed E-state index contributed by atoms with van der Waals surface area (Å²) in [6.45, 7) is 3.12. The molecule has 29 heavy (non-hydrogen) atoms. The zero-order valence-electron chi connectivity index (χ0n) is 15.7. The molecule has 1 saturated heterocycles. The van der Waals surface area contributed by atoms with E-state index in [0.717, 1.165) is 41.5 Å². The van der Waals surface area contributed by atoms with Crippen LogP contribution in [0, 0.1) is 5.82 Å². The summed E-state index contributed by atoms with van der Waals surface area (Å²) in [5, 5.41) is 6.87. The number of anilines is 5. The van der Waals surface area contributed by atoms with Crippen LogP contribution in [0.3, 0.4) is 0 Å². The summed E-state index contributed by atoms with van der Waals surface area (Å²) in [5.74, 6) is -0.430. The van der Waals surface area contributed by atoms with Gasteiger partial charge < -0.3 is 20.3 Å². The van der Waals surface area contributed by atoms with Crippen molar-refractivity contribution in [3.8, 4) is 0 Å². The Kier molecular flexibility index (Phi) is 7.20. The SMILES string of the molecule is Cl.Fc1ccc(Nc2cc(Nc3ccccc3)cc(N3CCOCC3)c2)cc1Cl. The third-order valence-electron chi connectivity index (χ3n) is 4.56. The molecule has 0 aliphatic carbocycles. The summed E-state index contributed by atoms with van der Waals surface area (Å²) in [6.07, 6.45) is 0. The highest BCUT2D eigenvalue weighted by Gasteiger charge is 2.13. The highest BCUT2D eigenvalue weighted by atomic mass is 35.5. The van der Waals surface area contributed by atoms with Crippen molar-refractivity contribution in [2.24, 2.45) is 0 Å². The lowest BCUT2D eigenvalue weighted by Gasteiger charge is -2.29. The molecule has 3 aromatic carbocycles. The average molecular weight is 434 g/mol. The van der Waals surface area contributed by atoms with Gasteiger partial charge in [-0.05, 0) is 48.5 Å². The molecular weight excluding hydrogens is 412 g/mol. The Morgan fingerprint density at radius 1 is 0.793 bits per heavy atom. The van der Waals surface area contributed by atoms with Gasteiger partial charge in [-0.15, -0.1) is 12.4 Å². The fourth-order valence-corrected chi connectivity index (χ4v) is 3.37. The number of ether oxygens (including phenoxy) is 1. The summed E-state index contributed by atoms with van der Waals surface area (Å²) in [5.41, 5.74) is 4.70. The van der Waals surface area contributed by atoms with Gasteiger partial charge in [0.05, 0.1) is 18.2 Å². The fraction of sp³-hybridized carbons (Fsp3) is 0.182. The van der Waals surface area contributed by atoms with E-state index in [4.69, 9.17) is 16.3 Å². The van der Waals surface area contributed by atoms with Crippen molar-refractivity contribution < 1.29 is 9.13 Å². The van der Waals surface area contributed by atoms with Crippen LogP contribution in [0.1, 0.15) is 0 Å². The van der Waals surface area contributed by atoms with E-state index in [9.17, 15) is 4.39 Å². The summed E-state index contributed by atoms with van der Waals surface area (Å²) in [6, 6.07) is 20.9. The van der Waals surface area contributed by atoms with E-state index in [1.165, 1.54) is 6.07 Å². The quantitative estimate of drug-likeness (QED) is 0.500. The van der Waals surface area contributed by atoms with E-state index in [0.29, 0.717) is 13.2 Å². The van der Waals surface area contributed by atoms with Gasteiger partial charge in [0.25, 0.3) is 0 Å². The minimum Gasteiger partial charge on any atom is -0.378 e. The van der Waals surface area contributed by atoms with Crippen LogP contribution in [0.15, 0.2) is 66.7 Å². The van der Waals surface area contributed by atoms with Crippen LogP contribution < -0.4 is 15.5 Å². The molecule has 0 spiro atoms. The van der Waals surface area contributed by atoms with E-state index < -0.39 is 5.82 Å². The number of morpholine rings is 1. The first-order valence-electron chi connectivity index (χ1n) is 9.19. The molecule has 0 aromatic heterocycles. The number of nitrogens with zero attached hydrogens (tertiary/aromatic N) is 1. The van der Waals surface area contributed by atoms with Crippen LogP contribution in [-0.4, -0.2) is 26.3 Å². The second kappa shape index (κ2) is 9.83. The lowest BCUT2D eigenvalue weighted by Crippen LogP contribution is -2.36. The second-order valence-corrected chi connectivity index (χ2v) is 7.02. The van der Waals surface area contributed by atoms with Crippen molar-refractivity contribution in [3.05, 3.63) is 77.6 Å². The van der Waals surface area contributed by atoms with Crippen LogP contribution in [0.25, 0.3) is 0 Å². The fourth-order valence-electron chi connectivity index (χ4n) is 3.19. The summed E-state index contributed by atoms with van der Waals surface area (Å²) in [4.78, 5) is 2.29. The number of halogens is 3. The highest BCUT2D eigenvalue weighted by molar-refractivity contribution is 6.31. The standard InChI is InChI=1S/C22H21ClFN3O.ClH/c23-21-15-17(6-7-22(21)24)26-19-12-18(25-16-4-2-1-3-5-16)13-20(14-19)27-8-10-28-11-9-27;/h1-7,12-15,25-26H,8-11H2;1H. The van der Waals surface area contributed by atoms with Crippen molar-refractivity contribution in [1.29, 1.82) is 0 Å². The molecule has 4 nitrogen and oxygen atoms in total. The van der Waals surface area contributed by atoms with Gasteiger partial charge in [0.2, 0.25) is 0 Å². The molecule has 0 unspecified atom stereocenters. The first-order chi connectivity index (χ1) is 13.7. The minimum atomic E-state index is -0.430. The van der Waals surface area contributed by atoms with Gasteiger partial charge in [-0.2, -0.15) is 0 Å². The van der Waals surface area contributed by atoms with Gasteiger partial charge in [-0.3, -0.25) is 0 Å². The molecule has 0 amide bonds. The largest absolute Gasteiger partial charge is 0.378 e. The van der Waals surface area contributed by atoms with E-state index >= 15 is 0 Å². The van der Waals surface area contributed by atoms with E-state index in [1.807, 2.05) is 36.4 Å². The smallest absolute Gasteiger partial charge is 0.141 e. The van der Waals surface area contributed by atoms with Gasteiger partial charge in [-0.1, -0.05) is 29.8 Å². The lowest BCUT2D eigenvalue weighted by atomic mass is 10.2. The number of nitrogens with one attached hydrogen (secondary N) is 2. The number of para-hydroxylation sites is 1. The molecule has 7 heteroatoms. The van der Waals surface area contributed by atoms with E-state index in [1.54, 1.807) is 12.1 Å². The average Bonchev–Trinajstić information content (AvgIpc) is 2.72. The molecule has 2 N–H and O–H groups in total. The molecule has 152 valence electrons. The lowest BCUT2D eigenvalue weighted by molar-refractivity contribution is 0.122. The van der Waals surface area contributed by atoms with Gasteiger partial charge >= 0.3 is 0 Å². The Bertz CT molecular complexity index is 950. The summed E-state index contributed by atoms with van der Waals surface area (Å²) >= 11 is 5.92. The Morgan fingerprint density at radius 2 is 1.45 bits per heavy atom. The van der Waals surface area contributed by atoms with Crippen molar-refractivity contribution >= 4 is 52.4 Å². The first kappa shape index (κ1) is 21.2. The second-order valence-electron chi connectivity index (χ2n) is 6.61. The maximum atomic E-state index is 13.5. The van der Waals surface area contributed by atoms with Gasteiger partial charge in [-0.25, -0.2) is 4.39 Å². The van der Waals surface area contributed by atoms with Crippen LogP contribution in [0.4, 0.5) is 32.8 Å². The first-order valence-corrected chi connectivity index (χ1v) is 9.57. The van der Waals surface area contributed by atoms with Crippen LogP contribution in [0.5, 0.6) is 0 Å². The Hall–Kier alpha value is -2.47. The Morgan fingerprint density at radius 3 is 2.10 bits per heavy atom. The maximum absolute atomic E-state index is 13.5. The minimum absolute atomic E-state index is 0. The van der Waals surface area contributed by atoms with Gasteiger partial charge in [0, 0.05) is 41.5 Å². The van der Waals surface area contributed by atoms with Crippen molar-refractivity contribution in [3.63, 3.8) is 0 Å². The normalized spacial score (nSPS) is 13.5. The molecule has 3 aromatic rings. The number of rotatable bonds is 5. The highest BCUT2D eigenvalue weighted by Crippen LogP contribution is 2.31. The predicted octanol–water partition coefficient (Wildman–Crippen LogP) is 6.22. The predicted molar refractivity (Wildman–Crippen MR) is 121 cm³/mol. The Labute approximate surface area is 181 Å². The number of hydrogen-bond donors (Lipinski definition) is 2. The van der Waals surface area contributed by atoms with Gasteiger partial charge in [0.1, 0.15) is 5.82 Å². The molecule has 0 bridgehead atoms. The van der Waals surface area contributed by atoms with Crippen molar-refractivity contribution in [1.82, 2.24) is 0 Å². The zero-order valence-corrected chi connectivity index (χ0v) is 17.3. The molecule has 1 aliphatic rings. The molecule has 4 rings (SSSR count). The third kappa shape index (κ3) is 5.54. The monoisotopic (exact) mass is 433 g/mol. The molecule has 0 atom stereocenters. The van der Waals surface area contributed by atoms with Crippen molar-refractivity contribution in [2.45, 2.75) is 0 Å². The number of benzene rings is 3. The van der Waals surface area contributed by atoms with Crippen LogP contribution in [-0.2, 0) is 4.74 Å². The summed E-state index contributed by atoms with van der Waals surface area (Å²) < 4.78 is 18.9. The zero-order chi connectivity index (χ0) is 19.3. The molecular formula is C22H22Cl2FN3O. The van der Waals surface area contributed by atoms with Crippen LogP contribution in [0.2, 0.25) is 5.02 Å².